The summed E-state index contributed by atoms with van der Waals surface area (Å²) < 4.78 is 4.84. The van der Waals surface area contributed by atoms with E-state index in [4.69, 9.17) is 16.5 Å². The molecule has 0 saturated heterocycles. The number of esters is 1. The molecule has 3 nitrogen and oxygen atoms in total. The van der Waals surface area contributed by atoms with E-state index < -0.39 is 0 Å². The van der Waals surface area contributed by atoms with Gasteiger partial charge in [0.1, 0.15) is 0 Å². The van der Waals surface area contributed by atoms with Crippen LogP contribution < -0.4 is 4.84 Å². The van der Waals surface area contributed by atoms with Crippen LogP contribution >= 0.6 is 11.8 Å². The quantitative estimate of drug-likeness (QED) is 0.621. The number of halogens is 1. The Balaban J connectivity index is 2.40. The van der Waals surface area contributed by atoms with Crippen molar-refractivity contribution in [1.29, 1.82) is 0 Å². The normalized spacial score (nSPS) is 9.73. The number of hydrogen-bond donors (Lipinski definition) is 1. The molecule has 0 aliphatic heterocycles. The number of carbonyl (C=O) groups is 1. The van der Waals surface area contributed by atoms with Crippen LogP contribution in [-0.2, 0) is 16.0 Å². The highest BCUT2D eigenvalue weighted by molar-refractivity contribution is 6.23. The van der Waals surface area contributed by atoms with Gasteiger partial charge in [-0.25, -0.2) is 0 Å². The zero-order valence-corrected chi connectivity index (χ0v) is 9.38. The predicted molar refractivity (Wildman–Crippen MR) is 60.9 cm³/mol. The lowest BCUT2D eigenvalue weighted by Crippen LogP contribution is -2.05. The highest BCUT2D eigenvalue weighted by Crippen LogP contribution is 2.11. The van der Waals surface area contributed by atoms with Crippen molar-refractivity contribution in [3.05, 3.63) is 29.8 Å². The van der Waals surface area contributed by atoms with Gasteiger partial charge in [0.2, 0.25) is 0 Å². The maximum absolute atomic E-state index is 11.1. The zero-order valence-electron chi connectivity index (χ0n) is 8.63. The van der Waals surface area contributed by atoms with Crippen molar-refractivity contribution in [3.63, 3.8) is 0 Å². The largest absolute Gasteiger partial charge is 0.466 e. The van der Waals surface area contributed by atoms with E-state index in [0.717, 1.165) is 11.3 Å². The molecule has 1 aromatic rings. The maximum atomic E-state index is 11.1. The standard InChI is InChI=1S/C11H14ClNO2/c1-2-15-11(14)8-5-9-3-6-10(13-12)7-4-9/h3-4,6-7,13H,2,5,8H2,1H3. The van der Waals surface area contributed by atoms with Gasteiger partial charge in [-0.3, -0.25) is 9.63 Å². The Morgan fingerprint density at radius 1 is 1.40 bits per heavy atom. The van der Waals surface area contributed by atoms with Gasteiger partial charge in [0.05, 0.1) is 6.61 Å². The van der Waals surface area contributed by atoms with Crippen LogP contribution in [0, 0.1) is 0 Å². The summed E-state index contributed by atoms with van der Waals surface area (Å²) in [4.78, 5) is 13.6. The fraction of sp³-hybridized carbons (Fsp3) is 0.364. The highest BCUT2D eigenvalue weighted by atomic mass is 35.5. The van der Waals surface area contributed by atoms with Gasteiger partial charge in [-0.2, -0.15) is 0 Å². The molecule has 0 aliphatic carbocycles. The second kappa shape index (κ2) is 6.30. The van der Waals surface area contributed by atoms with Gasteiger partial charge in [0, 0.05) is 23.9 Å². The van der Waals surface area contributed by atoms with Gasteiger partial charge < -0.3 is 4.74 Å². The summed E-state index contributed by atoms with van der Waals surface area (Å²) in [5.74, 6) is -0.156. The van der Waals surface area contributed by atoms with Crippen molar-refractivity contribution in [2.75, 3.05) is 11.4 Å². The third kappa shape index (κ3) is 4.21. The van der Waals surface area contributed by atoms with E-state index in [9.17, 15) is 4.79 Å². The Morgan fingerprint density at radius 3 is 2.60 bits per heavy atom. The first-order valence-corrected chi connectivity index (χ1v) is 5.25. The molecule has 0 atom stereocenters. The molecule has 0 amide bonds. The first-order valence-electron chi connectivity index (χ1n) is 4.87. The van der Waals surface area contributed by atoms with Gasteiger partial charge in [-0.1, -0.05) is 12.1 Å². The number of nitrogens with one attached hydrogen (secondary N) is 1. The van der Waals surface area contributed by atoms with Crippen molar-refractivity contribution in [3.8, 4) is 0 Å². The molecular formula is C11H14ClNO2. The minimum absolute atomic E-state index is 0.156. The van der Waals surface area contributed by atoms with Crippen LogP contribution in [0.1, 0.15) is 18.9 Å². The summed E-state index contributed by atoms with van der Waals surface area (Å²) in [5.41, 5.74) is 1.94. The molecule has 0 saturated carbocycles. The molecule has 0 aliphatic rings. The van der Waals surface area contributed by atoms with E-state index in [1.165, 1.54) is 0 Å². The van der Waals surface area contributed by atoms with E-state index >= 15 is 0 Å². The fourth-order valence-electron chi connectivity index (χ4n) is 1.21. The average molecular weight is 228 g/mol. The lowest BCUT2D eigenvalue weighted by molar-refractivity contribution is -0.143. The number of benzene rings is 1. The molecular weight excluding hydrogens is 214 g/mol. The Bertz CT molecular complexity index is 311. The molecule has 15 heavy (non-hydrogen) atoms. The van der Waals surface area contributed by atoms with Gasteiger partial charge in [-0.15, -0.1) is 0 Å². The smallest absolute Gasteiger partial charge is 0.306 e. The molecule has 0 bridgehead atoms. The van der Waals surface area contributed by atoms with Crippen molar-refractivity contribution in [1.82, 2.24) is 0 Å². The number of carbonyl (C=O) groups excluding carboxylic acids is 1. The van der Waals surface area contributed by atoms with Crippen molar-refractivity contribution in [2.45, 2.75) is 19.8 Å². The van der Waals surface area contributed by atoms with Crippen molar-refractivity contribution in [2.24, 2.45) is 0 Å². The number of aryl methyl sites for hydroxylation is 1. The first-order chi connectivity index (χ1) is 7.26. The first kappa shape index (κ1) is 11.9. The van der Waals surface area contributed by atoms with Crippen LogP contribution in [0.2, 0.25) is 0 Å². The minimum Gasteiger partial charge on any atom is -0.466 e. The van der Waals surface area contributed by atoms with Gasteiger partial charge in [-0.05, 0) is 31.0 Å². The van der Waals surface area contributed by atoms with E-state index in [0.29, 0.717) is 19.4 Å². The lowest BCUT2D eigenvalue weighted by Gasteiger charge is -2.03. The summed E-state index contributed by atoms with van der Waals surface area (Å²) in [6.45, 7) is 2.24. The molecule has 0 aromatic heterocycles. The van der Waals surface area contributed by atoms with E-state index in [1.54, 1.807) is 6.92 Å². The SMILES string of the molecule is CCOC(=O)CCc1ccc(NCl)cc1. The average Bonchev–Trinajstić information content (AvgIpc) is 2.27. The molecule has 0 heterocycles. The fourth-order valence-corrected chi connectivity index (χ4v) is 1.34. The van der Waals surface area contributed by atoms with Crippen molar-refractivity contribution >= 4 is 23.4 Å². The molecule has 82 valence electrons. The zero-order chi connectivity index (χ0) is 11.1. The van der Waals surface area contributed by atoms with Crippen LogP contribution in [0.4, 0.5) is 5.69 Å². The number of ether oxygens (including phenoxy) is 1. The summed E-state index contributed by atoms with van der Waals surface area (Å²) in [6, 6.07) is 7.61. The summed E-state index contributed by atoms with van der Waals surface area (Å²) in [7, 11) is 0. The summed E-state index contributed by atoms with van der Waals surface area (Å²) in [5, 5.41) is 0. The number of rotatable bonds is 5. The topological polar surface area (TPSA) is 38.3 Å². The second-order valence-electron chi connectivity index (χ2n) is 3.10. The molecule has 1 rings (SSSR count). The molecule has 1 aromatic carbocycles. The van der Waals surface area contributed by atoms with E-state index in [2.05, 4.69) is 4.84 Å². The van der Waals surface area contributed by atoms with Gasteiger partial charge in [0.15, 0.2) is 0 Å². The second-order valence-corrected chi connectivity index (χ2v) is 3.29. The molecule has 1 N–H and O–H groups in total. The predicted octanol–water partition coefficient (Wildman–Crippen LogP) is 2.75. The Kier molecular flexibility index (Phi) is 4.98. The van der Waals surface area contributed by atoms with E-state index in [-0.39, 0.29) is 5.97 Å². The third-order valence-corrected chi connectivity index (χ3v) is 2.20. The minimum atomic E-state index is -0.156. The highest BCUT2D eigenvalue weighted by Gasteiger charge is 2.02. The monoisotopic (exact) mass is 227 g/mol. The Labute approximate surface area is 94.5 Å². The number of anilines is 1. The maximum Gasteiger partial charge on any atom is 0.306 e. The summed E-state index contributed by atoms with van der Waals surface area (Å²) in [6.07, 6.45) is 1.11. The van der Waals surface area contributed by atoms with Crippen LogP contribution in [0.3, 0.4) is 0 Å². The van der Waals surface area contributed by atoms with E-state index in [1.807, 2.05) is 24.3 Å². The molecule has 4 heteroatoms. The number of hydrogen-bond acceptors (Lipinski definition) is 3. The lowest BCUT2D eigenvalue weighted by atomic mass is 10.1. The third-order valence-electron chi connectivity index (χ3n) is 1.99. The summed E-state index contributed by atoms with van der Waals surface area (Å²) >= 11 is 5.42. The van der Waals surface area contributed by atoms with Crippen LogP contribution in [0.5, 0.6) is 0 Å². The van der Waals surface area contributed by atoms with Crippen LogP contribution in [0.25, 0.3) is 0 Å². The Hall–Kier alpha value is -1.22. The van der Waals surface area contributed by atoms with Gasteiger partial charge in [0.25, 0.3) is 0 Å². The molecule has 0 spiro atoms. The molecule has 0 radical (unpaired) electrons. The van der Waals surface area contributed by atoms with Gasteiger partial charge >= 0.3 is 5.97 Å². The van der Waals surface area contributed by atoms with Crippen LogP contribution in [0.15, 0.2) is 24.3 Å². The van der Waals surface area contributed by atoms with Crippen molar-refractivity contribution < 1.29 is 9.53 Å². The molecule has 0 unspecified atom stereocenters. The Morgan fingerprint density at radius 2 is 2.07 bits per heavy atom. The molecule has 0 fully saturated rings. The van der Waals surface area contributed by atoms with Crippen LogP contribution in [-0.4, -0.2) is 12.6 Å².